The van der Waals surface area contributed by atoms with Gasteiger partial charge in [0.1, 0.15) is 34.8 Å². The molecular weight excluding hydrogens is 475 g/mol. The van der Waals surface area contributed by atoms with Gasteiger partial charge in [-0.05, 0) is 24.3 Å². The summed E-state index contributed by atoms with van der Waals surface area (Å²) >= 11 is 0. The van der Waals surface area contributed by atoms with E-state index in [0.717, 1.165) is 0 Å². The van der Waals surface area contributed by atoms with E-state index in [4.69, 9.17) is 9.47 Å². The van der Waals surface area contributed by atoms with Crippen molar-refractivity contribution in [1.29, 1.82) is 0 Å². The van der Waals surface area contributed by atoms with Crippen molar-refractivity contribution in [3.05, 3.63) is 119 Å². The summed E-state index contributed by atoms with van der Waals surface area (Å²) in [6, 6.07) is 29.0. The summed E-state index contributed by atoms with van der Waals surface area (Å²) < 4.78 is 11.4. The number of carboxylic acids is 2. The maximum absolute atomic E-state index is 11.4. The Morgan fingerprint density at radius 3 is 0.944 bits per heavy atom. The minimum Gasteiger partial charge on any atom is -0.481 e. The van der Waals surface area contributed by atoms with E-state index in [2.05, 4.69) is 0 Å². The van der Waals surface area contributed by atoms with Gasteiger partial charge in [-0.15, -0.1) is 0 Å². The molecule has 0 aliphatic carbocycles. The summed E-state index contributed by atoms with van der Waals surface area (Å²) in [6.45, 7) is 0. The van der Waals surface area contributed by atoms with E-state index in [0.29, 0.717) is 45.3 Å². The number of para-hydroxylation sites is 4. The summed E-state index contributed by atoms with van der Waals surface area (Å²) in [7, 11) is 0. The summed E-state index contributed by atoms with van der Waals surface area (Å²) in [5.41, 5.74) is 2.83. The minimum absolute atomic E-state index is 0. The van der Waals surface area contributed by atoms with Crippen LogP contribution in [-0.4, -0.2) is 45.0 Å². The Bertz CT molecular complexity index is 1200. The van der Waals surface area contributed by atoms with Crippen LogP contribution >= 0.6 is 0 Å². The third-order valence-corrected chi connectivity index (χ3v) is 5.85. The van der Waals surface area contributed by atoms with Crippen LogP contribution in [0.15, 0.2) is 97.1 Å². The van der Waals surface area contributed by atoms with Crippen LogP contribution in [0.25, 0.3) is 0 Å². The first kappa shape index (κ1) is 26.5. The molecule has 0 unspecified atom stereocenters. The largest absolute Gasteiger partial charge is 0.481 e. The molecule has 2 heterocycles. The first-order valence-corrected chi connectivity index (χ1v) is 10.7. The highest BCUT2D eigenvalue weighted by Gasteiger charge is 2.33. The zero-order valence-corrected chi connectivity index (χ0v) is 20.2. The van der Waals surface area contributed by atoms with Gasteiger partial charge < -0.3 is 25.2 Å². The fourth-order valence-electron chi connectivity index (χ4n) is 4.35. The van der Waals surface area contributed by atoms with Crippen molar-refractivity contribution in [2.75, 3.05) is 0 Å². The molecule has 2 aliphatic rings. The van der Waals surface area contributed by atoms with Crippen LogP contribution < -0.4 is 9.47 Å². The quantitative estimate of drug-likeness (QED) is 0.383. The molecule has 6 rings (SSSR count). The Hall–Kier alpha value is -4.09. The van der Waals surface area contributed by atoms with E-state index in [9.17, 15) is 19.8 Å². The normalized spacial score (nSPS) is 12.7. The Labute approximate surface area is 218 Å². The zero-order chi connectivity index (χ0) is 23.7. The first-order chi connectivity index (χ1) is 16.5. The van der Waals surface area contributed by atoms with Crippen LogP contribution in [0.3, 0.4) is 0 Å². The van der Waals surface area contributed by atoms with Crippen LogP contribution in [0.4, 0.5) is 0 Å². The van der Waals surface area contributed by atoms with Crippen LogP contribution in [0.2, 0.25) is 0 Å². The maximum atomic E-state index is 11.4. The second-order valence-electron chi connectivity index (χ2n) is 7.90. The molecule has 0 saturated carbocycles. The molecule has 8 heteroatoms. The minimum atomic E-state index is -0.854. The van der Waals surface area contributed by atoms with Crippen molar-refractivity contribution in [1.82, 2.24) is 0 Å². The highest BCUT2D eigenvalue weighted by Crippen LogP contribution is 2.44. The molecule has 179 valence electrons. The average Bonchev–Trinajstić information content (AvgIpc) is 2.85. The van der Waals surface area contributed by atoms with E-state index in [1.54, 1.807) is 48.5 Å². The third kappa shape index (κ3) is 4.84. The average molecular weight is 497 g/mol. The van der Waals surface area contributed by atoms with Gasteiger partial charge in [-0.2, -0.15) is 0 Å². The molecule has 4 N–H and O–H groups in total. The van der Waals surface area contributed by atoms with E-state index in [1.807, 2.05) is 48.5 Å². The summed E-state index contributed by atoms with van der Waals surface area (Å²) in [6.07, 6.45) is 0. The van der Waals surface area contributed by atoms with Gasteiger partial charge in [-0.3, -0.25) is 9.59 Å². The van der Waals surface area contributed by atoms with Crippen LogP contribution in [0.1, 0.15) is 34.1 Å². The number of aliphatic carboxylic acids is 2. The zero-order valence-electron chi connectivity index (χ0n) is 19.0. The van der Waals surface area contributed by atoms with Crippen molar-refractivity contribution in [2.45, 2.75) is 11.8 Å². The molecule has 3 radical (unpaired) electrons. The lowest BCUT2D eigenvalue weighted by Gasteiger charge is -2.25. The number of carboxylic acid groups (broad SMARTS) is 2. The number of benzene rings is 4. The second-order valence-corrected chi connectivity index (χ2v) is 7.90. The molecular formula is C28H22AlO7. The predicted octanol–water partition coefficient (Wildman–Crippen LogP) is 4.81. The molecule has 0 aromatic heterocycles. The SMILES string of the molecule is O.O=C(O)C1c2ccccc2Oc2ccccc21.O=C(O)C1c2ccccc2Oc2ccccc21.[Al]. The topological polar surface area (TPSA) is 125 Å². The van der Waals surface area contributed by atoms with Crippen molar-refractivity contribution < 1.29 is 34.8 Å². The van der Waals surface area contributed by atoms with E-state index in [-0.39, 0.29) is 22.8 Å². The number of hydrogen-bond donors (Lipinski definition) is 2. The molecule has 4 aromatic carbocycles. The van der Waals surface area contributed by atoms with Crippen LogP contribution in [-0.2, 0) is 9.59 Å². The second kappa shape index (κ2) is 11.1. The fraction of sp³-hybridized carbons (Fsp3) is 0.0714. The molecule has 36 heavy (non-hydrogen) atoms. The molecule has 0 saturated heterocycles. The standard InChI is InChI=1S/2C14H10O3.Al.H2O/c2*15-14(16)13-9-5-1-3-7-11(9)17-12-8-4-2-6-10(12)13;;/h2*1-8,13H,(H,15,16);;1H2. The molecule has 2 aliphatic heterocycles. The van der Waals surface area contributed by atoms with E-state index < -0.39 is 23.8 Å². The summed E-state index contributed by atoms with van der Waals surface area (Å²) in [5.74, 6) is -0.497. The lowest BCUT2D eigenvalue weighted by molar-refractivity contribution is -0.138. The van der Waals surface area contributed by atoms with Crippen LogP contribution in [0, 0.1) is 0 Å². The van der Waals surface area contributed by atoms with Crippen LogP contribution in [0.5, 0.6) is 23.0 Å². The van der Waals surface area contributed by atoms with E-state index in [1.165, 1.54) is 0 Å². The van der Waals surface area contributed by atoms with E-state index >= 15 is 0 Å². The molecule has 0 amide bonds. The number of fused-ring (bicyclic) bond motifs is 4. The van der Waals surface area contributed by atoms with Crippen molar-refractivity contribution in [3.63, 3.8) is 0 Å². The Morgan fingerprint density at radius 2 is 0.722 bits per heavy atom. The molecule has 0 bridgehead atoms. The number of rotatable bonds is 2. The lowest BCUT2D eigenvalue weighted by atomic mass is 9.88. The Balaban J connectivity index is 0.000000190. The smallest absolute Gasteiger partial charge is 0.315 e. The lowest BCUT2D eigenvalue weighted by Crippen LogP contribution is -2.18. The first-order valence-electron chi connectivity index (χ1n) is 10.7. The van der Waals surface area contributed by atoms with Gasteiger partial charge >= 0.3 is 11.9 Å². The monoisotopic (exact) mass is 497 g/mol. The molecule has 0 spiro atoms. The van der Waals surface area contributed by atoms with Gasteiger partial charge in [-0.1, -0.05) is 72.8 Å². The summed E-state index contributed by atoms with van der Waals surface area (Å²) in [4.78, 5) is 22.8. The van der Waals surface area contributed by atoms with Gasteiger partial charge in [0, 0.05) is 39.6 Å². The van der Waals surface area contributed by atoms with Gasteiger partial charge in [0.15, 0.2) is 0 Å². The van der Waals surface area contributed by atoms with Crippen molar-refractivity contribution in [2.24, 2.45) is 0 Å². The van der Waals surface area contributed by atoms with Gasteiger partial charge in [0.05, 0.1) is 0 Å². The molecule has 4 aromatic rings. The van der Waals surface area contributed by atoms with Gasteiger partial charge in [-0.25, -0.2) is 0 Å². The van der Waals surface area contributed by atoms with Gasteiger partial charge in [0.2, 0.25) is 0 Å². The number of ether oxygens (including phenoxy) is 2. The molecule has 7 nitrogen and oxygen atoms in total. The highest BCUT2D eigenvalue weighted by molar-refractivity contribution is 5.84. The Kier molecular flexibility index (Phi) is 8.18. The maximum Gasteiger partial charge on any atom is 0.315 e. The number of hydrogen-bond acceptors (Lipinski definition) is 4. The molecule has 0 atom stereocenters. The number of carbonyl (C=O) groups is 2. The molecule has 0 fully saturated rings. The Morgan fingerprint density at radius 1 is 0.500 bits per heavy atom. The van der Waals surface area contributed by atoms with Crippen molar-refractivity contribution >= 4 is 29.3 Å². The fourth-order valence-corrected chi connectivity index (χ4v) is 4.35. The predicted molar refractivity (Wildman–Crippen MR) is 134 cm³/mol. The van der Waals surface area contributed by atoms with Gasteiger partial charge in [0.25, 0.3) is 0 Å². The summed E-state index contributed by atoms with van der Waals surface area (Å²) in [5, 5.41) is 18.8. The van der Waals surface area contributed by atoms with Crippen molar-refractivity contribution in [3.8, 4) is 23.0 Å². The third-order valence-electron chi connectivity index (χ3n) is 5.85. The highest BCUT2D eigenvalue weighted by atomic mass is 27.0.